The van der Waals surface area contributed by atoms with Crippen molar-refractivity contribution >= 4 is 0 Å². The van der Waals surface area contributed by atoms with E-state index in [4.69, 9.17) is 10.2 Å². The predicted octanol–water partition coefficient (Wildman–Crippen LogP) is 2.05. The number of aliphatic hydroxyl groups excluding tert-OH is 2. The largest absolute Gasteiger partial charge is 0.396 e. The van der Waals surface area contributed by atoms with Crippen LogP contribution in [-0.2, 0) is 14.2 Å². The summed E-state index contributed by atoms with van der Waals surface area (Å²) in [6.45, 7) is -1.36. The first-order valence-electron chi connectivity index (χ1n) is 6.01. The highest BCUT2D eigenvalue weighted by molar-refractivity contribution is 4.51. The lowest BCUT2D eigenvalue weighted by atomic mass is 10.2. The van der Waals surface area contributed by atoms with Gasteiger partial charge in [-0.05, 0) is 0 Å². The van der Waals surface area contributed by atoms with Crippen molar-refractivity contribution in [3.8, 4) is 0 Å². The van der Waals surface area contributed by atoms with Gasteiger partial charge in [-0.2, -0.15) is 0 Å². The molecule has 0 radical (unpaired) electrons. The Morgan fingerprint density at radius 3 is 1.45 bits per heavy atom. The average Bonchev–Trinajstić information content (AvgIpc) is 2.49. The molecule has 0 fully saturated rings. The van der Waals surface area contributed by atoms with Crippen LogP contribution in [0.2, 0.25) is 0 Å². The fraction of sp³-hybridized carbons (Fsp3) is 1.00. The number of aliphatic hydroxyl groups is 2. The van der Waals surface area contributed by atoms with Crippen LogP contribution in [0.15, 0.2) is 0 Å². The lowest BCUT2D eigenvalue weighted by Crippen LogP contribution is -2.17. The van der Waals surface area contributed by atoms with Gasteiger partial charge in [-0.25, -0.2) is 8.78 Å². The molecule has 0 heterocycles. The first-order chi connectivity index (χ1) is 9.61. The molecule has 0 aliphatic carbocycles. The highest BCUT2D eigenvalue weighted by Crippen LogP contribution is 1.94. The SMILES string of the molecule is C.C.COC(CO)CF.COCC(CO)CF.COCCF. The van der Waals surface area contributed by atoms with Crippen LogP contribution in [0.4, 0.5) is 13.2 Å². The summed E-state index contributed by atoms with van der Waals surface area (Å²) in [5.41, 5.74) is 0. The van der Waals surface area contributed by atoms with Crippen LogP contribution < -0.4 is 0 Å². The van der Waals surface area contributed by atoms with Crippen LogP contribution in [0.5, 0.6) is 0 Å². The Labute approximate surface area is 133 Å². The Kier molecular flexibility index (Phi) is 49.1. The molecule has 2 N–H and O–H groups in total. The van der Waals surface area contributed by atoms with Gasteiger partial charge in [0.05, 0.1) is 33.1 Å². The summed E-state index contributed by atoms with van der Waals surface area (Å²) in [7, 11) is 4.32. The van der Waals surface area contributed by atoms with Crippen molar-refractivity contribution in [2.45, 2.75) is 21.0 Å². The molecule has 0 spiro atoms. The Hall–Kier alpha value is -0.410. The van der Waals surface area contributed by atoms with Gasteiger partial charge in [0.15, 0.2) is 0 Å². The molecule has 0 aliphatic rings. The molecule has 2 atom stereocenters. The summed E-state index contributed by atoms with van der Waals surface area (Å²) in [5.74, 6) is -0.333. The minimum atomic E-state index is -0.625. The van der Waals surface area contributed by atoms with Crippen molar-refractivity contribution in [2.24, 2.45) is 5.92 Å². The van der Waals surface area contributed by atoms with Crippen molar-refractivity contribution in [3.05, 3.63) is 0 Å². The molecular weight excluding hydrogens is 305 g/mol. The number of halogens is 3. The summed E-state index contributed by atoms with van der Waals surface area (Å²) in [4.78, 5) is 0. The van der Waals surface area contributed by atoms with E-state index in [1.54, 1.807) is 0 Å². The molecular formula is C14H35F3O5. The van der Waals surface area contributed by atoms with Gasteiger partial charge in [0.2, 0.25) is 0 Å². The molecule has 0 saturated heterocycles. The zero-order chi connectivity index (χ0) is 16.2. The molecule has 0 aliphatic heterocycles. The van der Waals surface area contributed by atoms with Gasteiger partial charge in [-0.1, -0.05) is 14.9 Å². The van der Waals surface area contributed by atoms with E-state index in [1.165, 1.54) is 21.3 Å². The van der Waals surface area contributed by atoms with Gasteiger partial charge in [-0.15, -0.1) is 0 Å². The zero-order valence-corrected chi connectivity index (χ0v) is 12.4. The van der Waals surface area contributed by atoms with Gasteiger partial charge >= 0.3 is 0 Å². The molecule has 8 heteroatoms. The van der Waals surface area contributed by atoms with E-state index >= 15 is 0 Å². The molecule has 0 rings (SSSR count). The third-order valence-corrected chi connectivity index (χ3v) is 1.87. The fourth-order valence-electron chi connectivity index (χ4n) is 0.645. The van der Waals surface area contributed by atoms with E-state index in [0.29, 0.717) is 6.61 Å². The molecule has 0 amide bonds. The third-order valence-electron chi connectivity index (χ3n) is 1.87. The standard InChI is InChI=1S/C5H11FO2.C4H9FO2.C3H7FO.2CH4/c1-8-4-5(2-6)3-7;1-7-4(2-5)3-6;1-5-3-2-4;;/h5,7H,2-4H2,1H3;4,6H,2-3H2,1H3;2-3H2,1H3;2*1H4. The average molecular weight is 340 g/mol. The van der Waals surface area contributed by atoms with Gasteiger partial charge in [-0.3, -0.25) is 4.39 Å². The fourth-order valence-corrected chi connectivity index (χ4v) is 0.645. The molecule has 22 heavy (non-hydrogen) atoms. The normalized spacial score (nSPS) is 11.5. The molecule has 0 aromatic carbocycles. The van der Waals surface area contributed by atoms with E-state index in [2.05, 4.69) is 14.2 Å². The van der Waals surface area contributed by atoms with Crippen LogP contribution in [0, 0.1) is 5.92 Å². The predicted molar refractivity (Wildman–Crippen MR) is 83.6 cm³/mol. The highest BCUT2D eigenvalue weighted by atomic mass is 19.1. The van der Waals surface area contributed by atoms with E-state index in [1.807, 2.05) is 0 Å². The summed E-state index contributed by atoms with van der Waals surface area (Å²) in [6, 6.07) is 0. The lowest BCUT2D eigenvalue weighted by molar-refractivity contribution is 0.0320. The summed E-state index contributed by atoms with van der Waals surface area (Å²) in [6.07, 6.45) is -0.625. The second-order valence-corrected chi connectivity index (χ2v) is 3.53. The Morgan fingerprint density at radius 2 is 1.41 bits per heavy atom. The van der Waals surface area contributed by atoms with Crippen LogP contribution in [0.3, 0.4) is 0 Å². The Bertz CT molecular complexity index is 141. The van der Waals surface area contributed by atoms with E-state index < -0.39 is 19.5 Å². The second kappa shape index (κ2) is 32.5. The van der Waals surface area contributed by atoms with Gasteiger partial charge in [0.25, 0.3) is 0 Å². The minimum absolute atomic E-state index is 0. The van der Waals surface area contributed by atoms with Crippen molar-refractivity contribution in [1.29, 1.82) is 0 Å². The van der Waals surface area contributed by atoms with Crippen LogP contribution in [-0.4, -0.2) is 84.1 Å². The van der Waals surface area contributed by atoms with Crippen LogP contribution in [0.1, 0.15) is 14.9 Å². The number of methoxy groups -OCH3 is 3. The van der Waals surface area contributed by atoms with E-state index in [9.17, 15) is 13.2 Å². The zero-order valence-electron chi connectivity index (χ0n) is 12.4. The second-order valence-electron chi connectivity index (χ2n) is 3.53. The Morgan fingerprint density at radius 1 is 0.864 bits per heavy atom. The van der Waals surface area contributed by atoms with Gasteiger partial charge < -0.3 is 24.4 Å². The van der Waals surface area contributed by atoms with Crippen molar-refractivity contribution < 1.29 is 37.6 Å². The quantitative estimate of drug-likeness (QED) is 0.672. The van der Waals surface area contributed by atoms with Gasteiger partial charge in [0.1, 0.15) is 19.5 Å². The van der Waals surface area contributed by atoms with E-state index in [0.717, 1.165) is 0 Å². The summed E-state index contributed by atoms with van der Waals surface area (Å²) < 4.78 is 47.2. The number of alkyl halides is 3. The number of hydrogen-bond acceptors (Lipinski definition) is 5. The third kappa shape index (κ3) is 31.8. The van der Waals surface area contributed by atoms with Crippen molar-refractivity contribution in [1.82, 2.24) is 0 Å². The first-order valence-corrected chi connectivity index (χ1v) is 6.01. The van der Waals surface area contributed by atoms with Crippen molar-refractivity contribution in [3.63, 3.8) is 0 Å². The molecule has 0 bridgehead atoms. The number of rotatable bonds is 9. The first kappa shape index (κ1) is 33.3. The van der Waals surface area contributed by atoms with Crippen LogP contribution in [0.25, 0.3) is 0 Å². The molecule has 0 aromatic rings. The van der Waals surface area contributed by atoms with Crippen LogP contribution >= 0.6 is 0 Å². The van der Waals surface area contributed by atoms with Crippen molar-refractivity contribution in [2.75, 3.05) is 67.8 Å². The maximum atomic E-state index is 11.6. The summed E-state index contributed by atoms with van der Waals surface area (Å²) >= 11 is 0. The summed E-state index contributed by atoms with van der Waals surface area (Å²) in [5, 5.41) is 16.5. The maximum Gasteiger partial charge on any atom is 0.118 e. The topological polar surface area (TPSA) is 68.2 Å². The maximum absolute atomic E-state index is 11.6. The number of hydrogen-bond donors (Lipinski definition) is 2. The molecule has 2 unspecified atom stereocenters. The molecule has 0 saturated carbocycles. The van der Waals surface area contributed by atoms with Gasteiger partial charge in [0, 0.05) is 27.2 Å². The number of ether oxygens (including phenoxy) is 3. The molecule has 5 nitrogen and oxygen atoms in total. The van der Waals surface area contributed by atoms with E-state index in [-0.39, 0.29) is 47.3 Å². The smallest absolute Gasteiger partial charge is 0.118 e. The Balaban J connectivity index is -0.0000000643. The molecule has 142 valence electrons. The molecule has 0 aromatic heterocycles. The minimum Gasteiger partial charge on any atom is -0.396 e. The lowest BCUT2D eigenvalue weighted by Gasteiger charge is -2.05. The monoisotopic (exact) mass is 340 g/mol. The highest BCUT2D eigenvalue weighted by Gasteiger charge is 2.03.